The van der Waals surface area contributed by atoms with Gasteiger partial charge in [0.05, 0.1) is 0 Å². The summed E-state index contributed by atoms with van der Waals surface area (Å²) in [5.41, 5.74) is 1.87. The minimum atomic E-state index is -1.01. The van der Waals surface area contributed by atoms with E-state index in [4.69, 9.17) is 4.74 Å². The van der Waals surface area contributed by atoms with Gasteiger partial charge in [0.25, 0.3) is 5.91 Å². The van der Waals surface area contributed by atoms with Gasteiger partial charge in [0, 0.05) is 18.0 Å². The van der Waals surface area contributed by atoms with E-state index in [-0.39, 0.29) is 18.0 Å². The molecular weight excluding hydrogens is 478 g/mol. The summed E-state index contributed by atoms with van der Waals surface area (Å²) in [5.74, 6) is -0.774. The number of hydrogen-bond donors (Lipinski definition) is 4. The molecule has 0 saturated heterocycles. The molecule has 0 radical (unpaired) electrons. The maximum Gasteiger partial charge on any atom is 0.408 e. The zero-order valence-electron chi connectivity index (χ0n) is 21.8. The van der Waals surface area contributed by atoms with E-state index in [1.165, 1.54) is 11.0 Å². The van der Waals surface area contributed by atoms with E-state index in [1.54, 1.807) is 45.9 Å². The first-order valence-corrected chi connectivity index (χ1v) is 12.6. The van der Waals surface area contributed by atoms with Gasteiger partial charge in [0.1, 0.15) is 23.4 Å². The van der Waals surface area contributed by atoms with E-state index in [1.807, 2.05) is 32.0 Å². The second-order valence-electron chi connectivity index (χ2n) is 9.67. The molecule has 3 amide bonds. The van der Waals surface area contributed by atoms with Crippen LogP contribution in [0, 0.1) is 13.8 Å². The normalized spacial score (nSPS) is 12.9. The molecule has 0 aliphatic rings. The number of aromatic hydroxyl groups is 1. The molecule has 0 fully saturated rings. The van der Waals surface area contributed by atoms with Gasteiger partial charge in [0.15, 0.2) is 0 Å². The molecule has 0 aliphatic carbocycles. The van der Waals surface area contributed by atoms with Crippen molar-refractivity contribution in [2.24, 2.45) is 0 Å². The zero-order valence-corrected chi connectivity index (χ0v) is 22.7. The quantitative estimate of drug-likeness (QED) is 0.361. The van der Waals surface area contributed by atoms with Crippen molar-refractivity contribution in [1.82, 2.24) is 10.2 Å². The van der Waals surface area contributed by atoms with Gasteiger partial charge in [-0.15, -0.1) is 0 Å². The lowest BCUT2D eigenvalue weighted by molar-refractivity contribution is -0.140. The molecule has 2 rings (SSSR count). The Bertz CT molecular complexity index is 1080. The molecule has 8 nitrogen and oxygen atoms in total. The Morgan fingerprint density at radius 3 is 2.31 bits per heavy atom. The van der Waals surface area contributed by atoms with Gasteiger partial charge in [-0.25, -0.2) is 4.79 Å². The van der Waals surface area contributed by atoms with Crippen LogP contribution >= 0.6 is 12.6 Å². The third-order valence-corrected chi connectivity index (χ3v) is 5.78. The highest BCUT2D eigenvalue weighted by Crippen LogP contribution is 2.29. The topological polar surface area (TPSA) is 108 Å². The van der Waals surface area contributed by atoms with Crippen molar-refractivity contribution in [2.75, 3.05) is 17.6 Å². The van der Waals surface area contributed by atoms with Crippen LogP contribution in [0.15, 0.2) is 42.5 Å². The monoisotopic (exact) mass is 515 g/mol. The first-order chi connectivity index (χ1) is 16.9. The summed E-state index contributed by atoms with van der Waals surface area (Å²) in [7, 11) is 0. The number of anilines is 1. The molecule has 9 heteroatoms. The number of rotatable bonds is 9. The molecule has 2 unspecified atom stereocenters. The number of ether oxygens (including phenoxy) is 1. The Hall–Kier alpha value is -3.20. The molecule has 0 aromatic heterocycles. The number of thiol groups is 1. The summed E-state index contributed by atoms with van der Waals surface area (Å²) in [6.07, 6.45) is -0.171. The fourth-order valence-electron chi connectivity index (χ4n) is 3.68. The number of para-hydroxylation sites is 1. The van der Waals surface area contributed by atoms with Crippen LogP contribution < -0.4 is 10.6 Å². The predicted octanol–water partition coefficient (Wildman–Crippen LogP) is 4.75. The highest BCUT2D eigenvalue weighted by molar-refractivity contribution is 7.80. The molecule has 0 aliphatic heterocycles. The fourth-order valence-corrected chi connectivity index (χ4v) is 3.93. The third-order valence-electron chi connectivity index (χ3n) is 5.42. The minimum absolute atomic E-state index is 0.0129. The number of phenolic OH excluding ortho intramolecular Hbond substituents is 1. The van der Waals surface area contributed by atoms with E-state index < -0.39 is 35.6 Å². The van der Waals surface area contributed by atoms with Crippen molar-refractivity contribution in [2.45, 2.75) is 65.6 Å². The number of nitrogens with one attached hydrogen (secondary N) is 2. The molecule has 3 N–H and O–H groups in total. The Morgan fingerprint density at radius 1 is 1.08 bits per heavy atom. The average Bonchev–Trinajstić information content (AvgIpc) is 2.79. The first-order valence-electron chi connectivity index (χ1n) is 11.9. The highest BCUT2D eigenvalue weighted by Gasteiger charge is 2.36. The number of amides is 3. The zero-order chi connectivity index (χ0) is 27.0. The number of hydrogen-bond acceptors (Lipinski definition) is 6. The van der Waals surface area contributed by atoms with Crippen molar-refractivity contribution in [3.63, 3.8) is 0 Å². The van der Waals surface area contributed by atoms with Crippen molar-refractivity contribution in [3.05, 3.63) is 59.2 Å². The Labute approximate surface area is 218 Å². The van der Waals surface area contributed by atoms with Crippen LogP contribution in [0.4, 0.5) is 10.5 Å². The molecule has 0 saturated carbocycles. The van der Waals surface area contributed by atoms with Crippen molar-refractivity contribution < 1.29 is 24.2 Å². The predicted molar refractivity (Wildman–Crippen MR) is 144 cm³/mol. The first kappa shape index (κ1) is 29.0. The Morgan fingerprint density at radius 2 is 1.75 bits per heavy atom. The molecule has 0 heterocycles. The molecular formula is C27H37N3O5S. The summed E-state index contributed by atoms with van der Waals surface area (Å²) in [5, 5.41) is 15.6. The Balaban J connectivity index is 2.48. The van der Waals surface area contributed by atoms with E-state index >= 15 is 0 Å². The number of carbonyl (C=O) groups excluding carboxylic acids is 3. The van der Waals surface area contributed by atoms with Crippen LogP contribution in [0.2, 0.25) is 0 Å². The van der Waals surface area contributed by atoms with Gasteiger partial charge in [-0.3, -0.25) is 9.59 Å². The summed E-state index contributed by atoms with van der Waals surface area (Å²) in [6.45, 7) is 10.9. The number of phenols is 1. The standard InChI is InChI=1S/C27H37N3O5S/c1-7-14-30(25(33)21(16-36)29-26(34)35-27(4,5)6)23(19-12-13-22(31)18(3)15-19)24(32)28-20-11-9-8-10-17(20)2/h8-13,15,21,23,31,36H,7,14,16H2,1-6H3,(H,28,32)(H,29,34). The van der Waals surface area contributed by atoms with E-state index in [2.05, 4.69) is 23.3 Å². The maximum absolute atomic E-state index is 13.7. The molecule has 0 spiro atoms. The van der Waals surface area contributed by atoms with Crippen LogP contribution in [0.1, 0.15) is 56.8 Å². The van der Waals surface area contributed by atoms with Gasteiger partial charge in [0.2, 0.25) is 5.91 Å². The van der Waals surface area contributed by atoms with Crippen LogP contribution in [-0.2, 0) is 14.3 Å². The lowest BCUT2D eigenvalue weighted by Gasteiger charge is -2.34. The lowest BCUT2D eigenvalue weighted by atomic mass is 10.00. The largest absolute Gasteiger partial charge is 0.508 e. The van der Waals surface area contributed by atoms with Gasteiger partial charge < -0.3 is 25.4 Å². The number of carbonyl (C=O) groups is 3. The minimum Gasteiger partial charge on any atom is -0.508 e. The van der Waals surface area contributed by atoms with Crippen molar-refractivity contribution in [1.29, 1.82) is 0 Å². The van der Waals surface area contributed by atoms with Gasteiger partial charge in [-0.05, 0) is 75.9 Å². The molecule has 2 atom stereocenters. The number of benzene rings is 2. The maximum atomic E-state index is 13.7. The summed E-state index contributed by atoms with van der Waals surface area (Å²) < 4.78 is 5.31. The summed E-state index contributed by atoms with van der Waals surface area (Å²) in [4.78, 5) is 41.3. The number of nitrogens with zero attached hydrogens (tertiary/aromatic N) is 1. The number of aryl methyl sites for hydroxylation is 2. The van der Waals surface area contributed by atoms with Crippen molar-refractivity contribution in [3.8, 4) is 5.75 Å². The molecule has 0 bridgehead atoms. The van der Waals surface area contributed by atoms with Crippen LogP contribution in [0.5, 0.6) is 5.75 Å². The smallest absolute Gasteiger partial charge is 0.408 e. The average molecular weight is 516 g/mol. The molecule has 2 aromatic rings. The van der Waals surface area contributed by atoms with E-state index in [0.29, 0.717) is 23.2 Å². The van der Waals surface area contributed by atoms with Gasteiger partial charge >= 0.3 is 6.09 Å². The second-order valence-corrected chi connectivity index (χ2v) is 10.0. The van der Waals surface area contributed by atoms with Gasteiger partial charge in [-0.1, -0.05) is 31.2 Å². The van der Waals surface area contributed by atoms with Crippen molar-refractivity contribution >= 4 is 36.2 Å². The lowest BCUT2D eigenvalue weighted by Crippen LogP contribution is -2.53. The van der Waals surface area contributed by atoms with Crippen LogP contribution in [0.3, 0.4) is 0 Å². The molecule has 196 valence electrons. The molecule has 2 aromatic carbocycles. The highest BCUT2D eigenvalue weighted by atomic mass is 32.1. The second kappa shape index (κ2) is 12.7. The van der Waals surface area contributed by atoms with E-state index in [9.17, 15) is 19.5 Å². The SMILES string of the molecule is CCCN(C(=O)C(CS)NC(=O)OC(C)(C)C)C(C(=O)Nc1ccccc1C)c1ccc(O)c(C)c1. The van der Waals surface area contributed by atoms with Gasteiger partial charge in [-0.2, -0.15) is 12.6 Å². The fraction of sp³-hybridized carbons (Fsp3) is 0.444. The summed E-state index contributed by atoms with van der Waals surface area (Å²) >= 11 is 4.28. The van der Waals surface area contributed by atoms with Crippen LogP contribution in [0.25, 0.3) is 0 Å². The summed E-state index contributed by atoms with van der Waals surface area (Å²) in [6, 6.07) is 10.1. The third kappa shape index (κ3) is 7.91. The molecule has 36 heavy (non-hydrogen) atoms. The Kier molecular flexibility index (Phi) is 10.2. The van der Waals surface area contributed by atoms with Crippen LogP contribution in [-0.4, -0.2) is 51.9 Å². The van der Waals surface area contributed by atoms with E-state index in [0.717, 1.165) is 5.56 Å². The number of alkyl carbamates (subject to hydrolysis) is 1.